The number of aryl methyl sites for hydroxylation is 1. The second-order valence-corrected chi connectivity index (χ2v) is 13.4. The first-order valence-corrected chi connectivity index (χ1v) is 18.9. The highest BCUT2D eigenvalue weighted by atomic mass is 16.6. The number of aliphatic imine (C=N–C) groups is 1. The number of benzene rings is 5. The lowest BCUT2D eigenvalue weighted by atomic mass is 9.80. The molecule has 57 heavy (non-hydrogen) atoms. The summed E-state index contributed by atoms with van der Waals surface area (Å²) in [4.78, 5) is 58.2. The van der Waals surface area contributed by atoms with Gasteiger partial charge < -0.3 is 19.5 Å². The molecular formula is C45H45N5O7. The lowest BCUT2D eigenvalue weighted by molar-refractivity contribution is -0.150. The number of alkyl carbamates (subject to hydrolysis) is 2. The SMILES string of the molecule is O=C(NC(=NCCC[C@H]1C(=O)N(C(=O)NCc2cccc(Oc3ccccc3)c2)[C@@H]1CCc1ccccc1)NC(=O)OCc1ccccc1)OCc1ccccc1. The number of nitrogens with zero attached hydrogens (tertiary/aromatic N) is 2. The van der Waals surface area contributed by atoms with Gasteiger partial charge >= 0.3 is 18.2 Å². The van der Waals surface area contributed by atoms with Gasteiger partial charge in [0.2, 0.25) is 11.9 Å². The number of imide groups is 1. The maximum absolute atomic E-state index is 13.6. The first kappa shape index (κ1) is 39.7. The molecule has 0 radical (unpaired) electrons. The molecule has 5 aromatic carbocycles. The zero-order valence-corrected chi connectivity index (χ0v) is 31.4. The third-order valence-electron chi connectivity index (χ3n) is 9.27. The van der Waals surface area contributed by atoms with Crippen LogP contribution in [0.2, 0.25) is 0 Å². The van der Waals surface area contributed by atoms with E-state index in [4.69, 9.17) is 14.2 Å². The summed E-state index contributed by atoms with van der Waals surface area (Å²) >= 11 is 0. The summed E-state index contributed by atoms with van der Waals surface area (Å²) in [7, 11) is 0. The predicted molar refractivity (Wildman–Crippen MR) is 215 cm³/mol. The van der Waals surface area contributed by atoms with Crippen molar-refractivity contribution in [3.63, 3.8) is 0 Å². The molecule has 2 atom stereocenters. The summed E-state index contributed by atoms with van der Waals surface area (Å²) in [6.07, 6.45) is 0.527. The lowest BCUT2D eigenvalue weighted by Crippen LogP contribution is -2.65. The van der Waals surface area contributed by atoms with Gasteiger partial charge in [0.25, 0.3) is 0 Å². The van der Waals surface area contributed by atoms with Crippen LogP contribution >= 0.6 is 0 Å². The summed E-state index contributed by atoms with van der Waals surface area (Å²) in [6, 6.07) is 44.3. The molecule has 5 aromatic rings. The standard InChI is InChI=1S/C45H45N5O7/c51-41-39(25-14-28-46-42(48-44(53)55-31-34-17-7-2-8-18-34)49-45(54)56-32-35-19-9-3-10-20-35)40(27-26-33-15-5-1-6-16-33)50(41)43(52)47-30-36-21-13-24-38(29-36)57-37-22-11-4-12-23-37/h1-13,15-24,29,39-40H,14,25-28,30-32H2,(H,47,52)(H2,46,48,49,53,54)/t39-,40-/m1/s1. The molecule has 0 aliphatic carbocycles. The van der Waals surface area contributed by atoms with E-state index < -0.39 is 24.1 Å². The zero-order chi connectivity index (χ0) is 39.7. The number of rotatable bonds is 15. The van der Waals surface area contributed by atoms with Crippen molar-refractivity contribution >= 4 is 30.1 Å². The van der Waals surface area contributed by atoms with E-state index in [0.29, 0.717) is 37.2 Å². The third kappa shape index (κ3) is 12.3. The van der Waals surface area contributed by atoms with Crippen LogP contribution in [0.25, 0.3) is 0 Å². The van der Waals surface area contributed by atoms with E-state index in [9.17, 15) is 19.2 Å². The van der Waals surface area contributed by atoms with Crippen LogP contribution in [0.1, 0.15) is 41.5 Å². The molecule has 3 N–H and O–H groups in total. The topological polar surface area (TPSA) is 148 Å². The highest BCUT2D eigenvalue weighted by Crippen LogP contribution is 2.34. The molecule has 1 aliphatic heterocycles. The molecule has 1 heterocycles. The van der Waals surface area contributed by atoms with Crippen LogP contribution < -0.4 is 20.7 Å². The Morgan fingerprint density at radius 3 is 1.74 bits per heavy atom. The number of nitrogens with one attached hydrogen (secondary N) is 3. The van der Waals surface area contributed by atoms with Crippen molar-refractivity contribution in [1.82, 2.24) is 20.9 Å². The molecule has 0 bridgehead atoms. The number of carbonyl (C=O) groups is 4. The fourth-order valence-corrected chi connectivity index (χ4v) is 6.39. The van der Waals surface area contributed by atoms with Crippen LogP contribution in [0.4, 0.5) is 14.4 Å². The van der Waals surface area contributed by atoms with Crippen molar-refractivity contribution in [3.05, 3.63) is 168 Å². The fourth-order valence-electron chi connectivity index (χ4n) is 6.39. The minimum atomic E-state index is -0.812. The number of hydrogen-bond donors (Lipinski definition) is 3. The van der Waals surface area contributed by atoms with Gasteiger partial charge in [-0.05, 0) is 72.2 Å². The molecule has 6 rings (SSSR count). The molecule has 0 aromatic heterocycles. The van der Waals surface area contributed by atoms with E-state index in [1.54, 1.807) is 0 Å². The molecule has 12 heteroatoms. The summed E-state index contributed by atoms with van der Waals surface area (Å²) < 4.78 is 16.6. The largest absolute Gasteiger partial charge is 0.457 e. The van der Waals surface area contributed by atoms with Gasteiger partial charge in [-0.1, -0.05) is 121 Å². The number of para-hydroxylation sites is 1. The van der Waals surface area contributed by atoms with E-state index >= 15 is 0 Å². The molecule has 0 spiro atoms. The predicted octanol–water partition coefficient (Wildman–Crippen LogP) is 8.14. The second-order valence-electron chi connectivity index (χ2n) is 13.4. The molecular weight excluding hydrogens is 723 g/mol. The van der Waals surface area contributed by atoms with Gasteiger partial charge in [0.1, 0.15) is 24.7 Å². The van der Waals surface area contributed by atoms with E-state index in [1.165, 1.54) is 4.90 Å². The number of likely N-dealkylation sites (tertiary alicyclic amines) is 1. The number of β-lactam (4-membered cyclic amide) rings is 1. The average Bonchev–Trinajstić information content (AvgIpc) is 3.24. The molecule has 1 fully saturated rings. The summed E-state index contributed by atoms with van der Waals surface area (Å²) in [5.41, 5.74) is 3.51. The highest BCUT2D eigenvalue weighted by molar-refractivity contribution is 6.02. The molecule has 5 amide bonds. The molecule has 0 saturated carbocycles. The highest BCUT2D eigenvalue weighted by Gasteiger charge is 2.49. The maximum Gasteiger partial charge on any atom is 0.414 e. The van der Waals surface area contributed by atoms with Crippen LogP contribution in [0.15, 0.2) is 151 Å². The van der Waals surface area contributed by atoms with E-state index in [-0.39, 0.29) is 44.2 Å². The van der Waals surface area contributed by atoms with Gasteiger partial charge in [-0.25, -0.2) is 14.4 Å². The Kier molecular flexibility index (Phi) is 14.4. The third-order valence-corrected chi connectivity index (χ3v) is 9.27. The normalized spacial score (nSPS) is 14.4. The molecule has 1 saturated heterocycles. The van der Waals surface area contributed by atoms with Crippen molar-refractivity contribution in [1.29, 1.82) is 0 Å². The summed E-state index contributed by atoms with van der Waals surface area (Å²) in [5, 5.41) is 7.90. The number of urea groups is 1. The number of ether oxygens (including phenoxy) is 3. The van der Waals surface area contributed by atoms with Crippen molar-refractivity contribution in [2.45, 2.75) is 51.5 Å². The zero-order valence-electron chi connectivity index (χ0n) is 31.4. The Morgan fingerprint density at radius 1 is 0.614 bits per heavy atom. The molecule has 1 aliphatic rings. The Balaban J connectivity index is 1.06. The van der Waals surface area contributed by atoms with E-state index in [0.717, 1.165) is 22.3 Å². The van der Waals surface area contributed by atoms with Gasteiger partial charge in [0.15, 0.2) is 0 Å². The second kappa shape index (κ2) is 20.7. The van der Waals surface area contributed by atoms with E-state index in [1.807, 2.05) is 146 Å². The summed E-state index contributed by atoms with van der Waals surface area (Å²) in [6.45, 7) is 0.414. The Morgan fingerprint density at radius 2 is 1.14 bits per heavy atom. The van der Waals surface area contributed by atoms with Crippen molar-refractivity contribution in [3.8, 4) is 11.5 Å². The Hall–Kier alpha value is -6.95. The van der Waals surface area contributed by atoms with Crippen LogP contribution in [-0.2, 0) is 40.4 Å². The number of guanidine groups is 1. The number of carbonyl (C=O) groups excluding carboxylic acids is 4. The fraction of sp³-hybridized carbons (Fsp3) is 0.222. The minimum absolute atomic E-state index is 0.0195. The van der Waals surface area contributed by atoms with Gasteiger partial charge in [0.05, 0.1) is 12.0 Å². The Bertz CT molecular complexity index is 2040. The van der Waals surface area contributed by atoms with Crippen molar-refractivity contribution in [2.24, 2.45) is 10.9 Å². The van der Waals surface area contributed by atoms with Crippen LogP contribution in [0.5, 0.6) is 11.5 Å². The van der Waals surface area contributed by atoms with Crippen molar-refractivity contribution < 1.29 is 33.4 Å². The lowest BCUT2D eigenvalue weighted by Gasteiger charge is -2.46. The molecule has 292 valence electrons. The number of hydrogen-bond acceptors (Lipinski definition) is 8. The van der Waals surface area contributed by atoms with Crippen molar-refractivity contribution in [2.75, 3.05) is 6.54 Å². The van der Waals surface area contributed by atoms with Crippen LogP contribution in [-0.4, -0.2) is 47.6 Å². The van der Waals surface area contributed by atoms with E-state index in [2.05, 4.69) is 20.9 Å². The van der Waals surface area contributed by atoms with Gasteiger partial charge in [-0.15, -0.1) is 0 Å². The number of amides is 5. The molecule has 12 nitrogen and oxygen atoms in total. The van der Waals surface area contributed by atoms with Gasteiger partial charge in [-0.3, -0.25) is 25.3 Å². The van der Waals surface area contributed by atoms with Gasteiger partial charge in [-0.2, -0.15) is 0 Å². The van der Waals surface area contributed by atoms with Gasteiger partial charge in [0, 0.05) is 13.1 Å². The smallest absolute Gasteiger partial charge is 0.414 e. The quantitative estimate of drug-likeness (QED) is 0.0422. The minimum Gasteiger partial charge on any atom is -0.457 e. The maximum atomic E-state index is 13.6. The molecule has 0 unspecified atom stereocenters. The van der Waals surface area contributed by atoms with Crippen LogP contribution in [0.3, 0.4) is 0 Å². The monoisotopic (exact) mass is 767 g/mol. The first-order chi connectivity index (χ1) is 27.9. The van der Waals surface area contributed by atoms with Crippen LogP contribution in [0, 0.1) is 5.92 Å². The Labute approximate surface area is 331 Å². The average molecular weight is 768 g/mol. The summed E-state index contributed by atoms with van der Waals surface area (Å²) in [5.74, 6) is 0.521. The first-order valence-electron chi connectivity index (χ1n) is 18.9.